The SMILES string of the molecule is CC(C)(C)OC(=O)C[C@H](NC(=O)C1CCN(C(=O)C(=O)Nc2cc(Cl)ccc2C(F)(F)F)CC1)C(=O)COc1c(F)c(F)cc(F)c1F.O=C(O)C[C@H](NC(=O)C1CCN(C(=O)C(=O)Nc2cc(Cl)ccc2C(F)(F)F)CC1)C(=O)COc1c(F)c(F)cc(F)c1F. The molecule has 5 N–H and O–H groups in total. The molecule has 0 radical (unpaired) electrons. The Morgan fingerprint density at radius 3 is 1.16 bits per heavy atom. The molecule has 2 fully saturated rings. The van der Waals surface area contributed by atoms with E-state index in [0.717, 1.165) is 34.1 Å². The van der Waals surface area contributed by atoms with Gasteiger partial charge in [-0.3, -0.25) is 47.9 Å². The summed E-state index contributed by atoms with van der Waals surface area (Å²) in [6.45, 7) is 1.20. The fourth-order valence-corrected chi connectivity index (χ4v) is 9.04. The zero-order valence-corrected chi connectivity index (χ0v) is 49.1. The summed E-state index contributed by atoms with van der Waals surface area (Å²) in [5.41, 5.74) is -4.97. The smallest absolute Gasteiger partial charge is 0.418 e. The molecule has 4 aromatic carbocycles. The predicted molar refractivity (Wildman–Crippen MR) is 289 cm³/mol. The summed E-state index contributed by atoms with van der Waals surface area (Å²) in [6.07, 6.45) is -11.9. The second-order valence-electron chi connectivity index (χ2n) is 21.0. The first-order chi connectivity index (χ1) is 42.7. The van der Waals surface area contributed by atoms with Crippen LogP contribution in [0.25, 0.3) is 0 Å². The van der Waals surface area contributed by atoms with Crippen LogP contribution in [0.4, 0.5) is 72.8 Å². The van der Waals surface area contributed by atoms with Gasteiger partial charge in [-0.2, -0.15) is 43.9 Å². The van der Waals surface area contributed by atoms with Crippen LogP contribution in [-0.2, 0) is 65.0 Å². The summed E-state index contributed by atoms with van der Waals surface area (Å²) < 4.78 is 204. The fourth-order valence-electron chi connectivity index (χ4n) is 8.70. The Labute approximate surface area is 520 Å². The van der Waals surface area contributed by atoms with Crippen molar-refractivity contribution in [2.75, 3.05) is 50.0 Å². The number of Topliss-reactive ketones (excluding diaryl/α,β-unsaturated/α-hetero) is 2. The Kier molecular flexibility index (Phi) is 24.9. The number of ketones is 2. The van der Waals surface area contributed by atoms with Gasteiger partial charge < -0.3 is 50.4 Å². The Morgan fingerprint density at radius 1 is 0.533 bits per heavy atom. The number of hydrogen-bond donors (Lipinski definition) is 5. The first-order valence-electron chi connectivity index (χ1n) is 26.6. The van der Waals surface area contributed by atoms with E-state index in [4.69, 9.17) is 33.0 Å². The van der Waals surface area contributed by atoms with Crippen LogP contribution in [-0.4, -0.2) is 131 Å². The van der Waals surface area contributed by atoms with Gasteiger partial charge in [0.05, 0.1) is 35.3 Å². The van der Waals surface area contributed by atoms with Crippen molar-refractivity contribution in [1.82, 2.24) is 20.4 Å². The van der Waals surface area contributed by atoms with Gasteiger partial charge in [0, 0.05) is 60.2 Å². The minimum Gasteiger partial charge on any atom is -0.481 e. The number of piperidine rings is 2. The number of aliphatic carboxylic acids is 1. The van der Waals surface area contributed by atoms with Crippen molar-refractivity contribution in [3.05, 3.63) is 116 Å². The molecule has 2 aliphatic rings. The van der Waals surface area contributed by atoms with Gasteiger partial charge in [-0.1, -0.05) is 23.2 Å². The second-order valence-corrected chi connectivity index (χ2v) is 21.9. The molecule has 0 aliphatic carbocycles. The molecule has 500 valence electrons. The van der Waals surface area contributed by atoms with Crippen LogP contribution in [0.3, 0.4) is 0 Å². The lowest BCUT2D eigenvalue weighted by molar-refractivity contribution is -0.156. The maximum atomic E-state index is 14.0. The Hall–Kier alpha value is -8.82. The Bertz CT molecular complexity index is 3470. The molecule has 0 saturated carbocycles. The summed E-state index contributed by atoms with van der Waals surface area (Å²) >= 11 is 11.4. The van der Waals surface area contributed by atoms with Gasteiger partial charge in [0.2, 0.25) is 35.1 Å². The molecule has 2 atom stereocenters. The highest BCUT2D eigenvalue weighted by molar-refractivity contribution is 6.40. The number of carbonyl (C=O) groups excluding carboxylic acids is 9. The second kappa shape index (κ2) is 31.0. The van der Waals surface area contributed by atoms with Crippen LogP contribution in [0.15, 0.2) is 48.5 Å². The quantitative estimate of drug-likeness (QED) is 0.0270. The van der Waals surface area contributed by atoms with Crippen molar-refractivity contribution in [3.8, 4) is 11.5 Å². The molecule has 2 saturated heterocycles. The number of benzene rings is 4. The lowest BCUT2D eigenvalue weighted by Gasteiger charge is -2.31. The van der Waals surface area contributed by atoms with Gasteiger partial charge >= 0.3 is 47.9 Å². The number of nitrogens with one attached hydrogen (secondary N) is 4. The molecule has 6 rings (SSSR count). The topological polar surface area (TPSA) is 273 Å². The number of alkyl halides is 6. The third-order valence-electron chi connectivity index (χ3n) is 13.2. The number of hydrogen-bond acceptors (Lipinski definition) is 13. The van der Waals surface area contributed by atoms with E-state index in [-0.39, 0.29) is 74.0 Å². The number of carboxylic acids is 1. The number of carbonyl (C=O) groups is 10. The number of esters is 1. The van der Waals surface area contributed by atoms with Gasteiger partial charge in [0.25, 0.3) is 0 Å². The molecule has 0 aromatic heterocycles. The molecular formula is C56H50Cl2F14N6O14. The lowest BCUT2D eigenvalue weighted by atomic mass is 9.95. The van der Waals surface area contributed by atoms with Crippen molar-refractivity contribution >= 4 is 93.5 Å². The van der Waals surface area contributed by atoms with Crippen molar-refractivity contribution in [2.45, 2.75) is 89.3 Å². The zero-order valence-electron chi connectivity index (χ0n) is 47.6. The zero-order chi connectivity index (χ0) is 69.1. The molecule has 0 spiro atoms. The van der Waals surface area contributed by atoms with Crippen LogP contribution in [0.2, 0.25) is 10.0 Å². The monoisotopic (exact) mass is 1370 g/mol. The fraction of sp³-hybridized carbons (Fsp3) is 0.393. The number of likely N-dealkylation sites (tertiary alicyclic amines) is 2. The van der Waals surface area contributed by atoms with E-state index in [1.165, 1.54) is 20.8 Å². The largest absolute Gasteiger partial charge is 0.481 e. The van der Waals surface area contributed by atoms with Crippen molar-refractivity contribution in [1.29, 1.82) is 0 Å². The number of rotatable bonds is 18. The summed E-state index contributed by atoms with van der Waals surface area (Å²) in [5.74, 6) is -31.6. The maximum Gasteiger partial charge on any atom is 0.418 e. The van der Waals surface area contributed by atoms with Crippen LogP contribution in [0, 0.1) is 58.4 Å². The number of ether oxygens (including phenoxy) is 3. The van der Waals surface area contributed by atoms with Gasteiger partial charge in [0.1, 0.15) is 30.9 Å². The van der Waals surface area contributed by atoms with E-state index in [0.29, 0.717) is 12.1 Å². The summed E-state index contributed by atoms with van der Waals surface area (Å²) in [5, 5.41) is 17.1. The first kappa shape index (κ1) is 73.9. The Balaban J connectivity index is 0.000000335. The highest BCUT2D eigenvalue weighted by Crippen LogP contribution is 2.38. The van der Waals surface area contributed by atoms with Gasteiger partial charge in [-0.25, -0.2) is 17.6 Å². The van der Waals surface area contributed by atoms with E-state index in [1.54, 1.807) is 0 Å². The minimum absolute atomic E-state index is 0.0703. The van der Waals surface area contributed by atoms with E-state index < -0.39 is 207 Å². The third-order valence-corrected chi connectivity index (χ3v) is 13.7. The molecular weight excluding hydrogens is 1320 g/mol. The normalized spacial score (nSPS) is 14.6. The summed E-state index contributed by atoms with van der Waals surface area (Å²) in [6, 6.07) is 1.16. The van der Waals surface area contributed by atoms with Crippen molar-refractivity contribution in [3.63, 3.8) is 0 Å². The van der Waals surface area contributed by atoms with E-state index in [9.17, 15) is 109 Å². The van der Waals surface area contributed by atoms with E-state index in [2.05, 4.69) is 20.1 Å². The molecule has 20 nitrogen and oxygen atoms in total. The maximum absolute atomic E-state index is 14.0. The average Bonchev–Trinajstić information content (AvgIpc) is 0.984. The van der Waals surface area contributed by atoms with Crippen molar-refractivity contribution in [2.24, 2.45) is 11.8 Å². The number of anilines is 2. The summed E-state index contributed by atoms with van der Waals surface area (Å²) in [4.78, 5) is 127. The average molecular weight is 1370 g/mol. The van der Waals surface area contributed by atoms with Crippen LogP contribution >= 0.6 is 23.2 Å². The molecule has 6 amide bonds. The standard InChI is InChI=1S/C30H29ClF7N3O7.C26H21ClF7N3O7/c1-29(2,3)48-22(43)12-20(21(42)13-47-25-23(34)17(32)11-18(33)24(25)35)40-26(44)14-6-8-41(9-7-14)28(46)27(45)39-19-10-15(31)4-5-16(19)30(36,37)38;27-12-1-2-13(26(32,33)34)16(7-12)35-24(42)25(43)37-5-3-11(4-6-37)23(41)36-17(9-19(39)40)18(38)10-44-22-20(30)14(28)8-15(29)21(22)31/h4-5,10-11,14,20H,6-9,12-13H2,1-3H3,(H,39,45)(H,40,44);1-2,7-8,11,17H,3-6,9-10H2,(H,35,42)(H,36,41)(H,39,40)/t20-;17-/m00/s1. The molecule has 36 heteroatoms. The van der Waals surface area contributed by atoms with Crippen LogP contribution in [0.5, 0.6) is 11.5 Å². The van der Waals surface area contributed by atoms with Gasteiger partial charge in [-0.05, 0) is 82.9 Å². The van der Waals surface area contributed by atoms with E-state index >= 15 is 0 Å². The summed E-state index contributed by atoms with van der Waals surface area (Å²) in [7, 11) is 0. The van der Waals surface area contributed by atoms with Crippen LogP contribution < -0.4 is 30.7 Å². The molecule has 2 aliphatic heterocycles. The van der Waals surface area contributed by atoms with Gasteiger partial charge in [-0.15, -0.1) is 0 Å². The minimum atomic E-state index is -4.86. The number of carboxylic acid groups (broad SMARTS) is 1. The first-order valence-corrected chi connectivity index (χ1v) is 27.4. The highest BCUT2D eigenvalue weighted by Gasteiger charge is 2.40. The highest BCUT2D eigenvalue weighted by atomic mass is 35.5. The molecule has 92 heavy (non-hydrogen) atoms. The number of nitrogens with zero attached hydrogens (tertiary/aromatic N) is 2. The van der Waals surface area contributed by atoms with Gasteiger partial charge in [0.15, 0.2) is 46.3 Å². The van der Waals surface area contributed by atoms with Crippen molar-refractivity contribution < 1.29 is 129 Å². The number of halogens is 16. The molecule has 2 heterocycles. The Morgan fingerprint density at radius 2 is 0.859 bits per heavy atom. The number of amides is 6. The molecule has 0 bridgehead atoms. The predicted octanol–water partition coefficient (Wildman–Crippen LogP) is 8.66. The van der Waals surface area contributed by atoms with Crippen LogP contribution in [0.1, 0.15) is 70.4 Å². The molecule has 4 aromatic rings. The van der Waals surface area contributed by atoms with E-state index in [1.807, 2.05) is 10.6 Å². The lowest BCUT2D eigenvalue weighted by Crippen LogP contribution is -2.50. The molecule has 0 unspecified atom stereocenters. The third kappa shape index (κ3) is 20.3.